The van der Waals surface area contributed by atoms with Crippen LogP contribution in [0.4, 0.5) is 8.78 Å². The van der Waals surface area contributed by atoms with E-state index in [2.05, 4.69) is 0 Å². The number of halogens is 2. The van der Waals surface area contributed by atoms with Gasteiger partial charge in [-0.05, 0) is 63.2 Å². The van der Waals surface area contributed by atoms with Crippen molar-refractivity contribution in [2.45, 2.75) is 81.5 Å². The number of esters is 2. The highest BCUT2D eigenvalue weighted by Gasteiger charge is 2.61. The zero-order valence-electron chi connectivity index (χ0n) is 16.8. The fraction of sp³-hybridized carbons (Fsp3) is 0.900. The Morgan fingerprint density at radius 3 is 2.20 bits per heavy atom. The summed E-state index contributed by atoms with van der Waals surface area (Å²) in [4.78, 5) is 24.5. The molecule has 5 aliphatic rings. The van der Waals surface area contributed by atoms with Gasteiger partial charge in [-0.3, -0.25) is 9.35 Å². The van der Waals surface area contributed by atoms with Crippen LogP contribution in [0.1, 0.15) is 70.6 Å². The molecule has 0 saturated heterocycles. The highest BCUT2D eigenvalue weighted by molar-refractivity contribution is 7.87. The van der Waals surface area contributed by atoms with E-state index in [1.165, 1.54) is 0 Å². The molecule has 5 rings (SSSR count). The van der Waals surface area contributed by atoms with Crippen molar-refractivity contribution >= 4 is 22.1 Å². The summed E-state index contributed by atoms with van der Waals surface area (Å²) in [6, 6.07) is 0. The van der Waals surface area contributed by atoms with Crippen LogP contribution in [-0.4, -0.2) is 42.4 Å². The van der Waals surface area contributed by atoms with Gasteiger partial charge in [0.2, 0.25) is 0 Å². The van der Waals surface area contributed by atoms with Crippen LogP contribution < -0.4 is 0 Å². The molecule has 0 amide bonds. The zero-order chi connectivity index (χ0) is 21.8. The number of carbonyl (C=O) groups excluding carboxylic acids is 2. The minimum Gasteiger partial charge on any atom is -0.460 e. The van der Waals surface area contributed by atoms with Crippen LogP contribution in [0.15, 0.2) is 0 Å². The SMILES string of the molecule is O=C(OC12CC3C[C@@H](CC(COC(=O)C(F)(F)S(=O)(=O)O)(C3)C1)C2)C1CCCCC1. The molecule has 4 bridgehead atoms. The van der Waals surface area contributed by atoms with Crippen molar-refractivity contribution in [2.75, 3.05) is 6.61 Å². The third-order valence-electron chi connectivity index (χ3n) is 7.46. The molecule has 10 heteroatoms. The molecule has 0 aromatic carbocycles. The molecule has 5 aliphatic carbocycles. The number of ether oxygens (including phenoxy) is 2. The van der Waals surface area contributed by atoms with E-state index in [9.17, 15) is 26.8 Å². The predicted octanol–water partition coefficient (Wildman–Crippen LogP) is 3.47. The molecule has 5 saturated carbocycles. The molecule has 0 aromatic rings. The van der Waals surface area contributed by atoms with E-state index in [-0.39, 0.29) is 30.3 Å². The van der Waals surface area contributed by atoms with Crippen molar-refractivity contribution in [1.29, 1.82) is 0 Å². The first-order valence-corrected chi connectivity index (χ1v) is 12.1. The lowest BCUT2D eigenvalue weighted by Gasteiger charge is -2.61. The van der Waals surface area contributed by atoms with E-state index in [0.717, 1.165) is 51.4 Å². The number of hydrogen-bond acceptors (Lipinski definition) is 6. The van der Waals surface area contributed by atoms with E-state index in [0.29, 0.717) is 19.3 Å². The van der Waals surface area contributed by atoms with Crippen molar-refractivity contribution in [1.82, 2.24) is 0 Å². The summed E-state index contributed by atoms with van der Waals surface area (Å²) < 4.78 is 68.1. The molecule has 5 fully saturated rings. The molecule has 4 atom stereocenters. The molecular formula is C20H28F2O7S. The van der Waals surface area contributed by atoms with Crippen LogP contribution in [0.5, 0.6) is 0 Å². The molecule has 0 spiro atoms. The second-order valence-corrected chi connectivity index (χ2v) is 11.4. The van der Waals surface area contributed by atoms with Crippen LogP contribution >= 0.6 is 0 Å². The third-order valence-corrected chi connectivity index (χ3v) is 8.27. The summed E-state index contributed by atoms with van der Waals surface area (Å²) in [5.74, 6) is -2.03. The predicted molar refractivity (Wildman–Crippen MR) is 100.0 cm³/mol. The Morgan fingerprint density at radius 1 is 1.03 bits per heavy atom. The molecule has 0 heterocycles. The highest BCUT2D eigenvalue weighted by atomic mass is 32.2. The molecule has 0 aromatic heterocycles. The quantitative estimate of drug-likeness (QED) is 0.488. The van der Waals surface area contributed by atoms with E-state index in [1.807, 2.05) is 0 Å². The van der Waals surface area contributed by atoms with E-state index in [4.69, 9.17) is 14.0 Å². The molecule has 7 nitrogen and oxygen atoms in total. The molecule has 3 unspecified atom stereocenters. The van der Waals surface area contributed by atoms with Crippen molar-refractivity contribution < 1.29 is 40.8 Å². The van der Waals surface area contributed by atoms with Crippen LogP contribution in [0.25, 0.3) is 0 Å². The van der Waals surface area contributed by atoms with Gasteiger partial charge in [0.1, 0.15) is 5.60 Å². The van der Waals surface area contributed by atoms with Crippen molar-refractivity contribution in [3.05, 3.63) is 0 Å². The van der Waals surface area contributed by atoms with Gasteiger partial charge in [0.05, 0.1) is 12.5 Å². The maximum absolute atomic E-state index is 13.6. The monoisotopic (exact) mass is 450 g/mol. The second kappa shape index (κ2) is 7.39. The normalized spacial score (nSPS) is 36.5. The highest BCUT2D eigenvalue weighted by Crippen LogP contribution is 2.63. The third kappa shape index (κ3) is 3.97. The smallest absolute Gasteiger partial charge is 0.460 e. The number of carbonyl (C=O) groups is 2. The molecular weight excluding hydrogens is 422 g/mol. The number of hydrogen-bond donors (Lipinski definition) is 1. The fourth-order valence-corrected chi connectivity index (χ4v) is 6.97. The molecule has 170 valence electrons. The summed E-state index contributed by atoms with van der Waals surface area (Å²) in [5.41, 5.74) is -1.27. The van der Waals surface area contributed by atoms with Crippen LogP contribution in [0.3, 0.4) is 0 Å². The maximum atomic E-state index is 13.6. The van der Waals surface area contributed by atoms with Gasteiger partial charge in [-0.15, -0.1) is 0 Å². The van der Waals surface area contributed by atoms with Gasteiger partial charge in [-0.1, -0.05) is 19.3 Å². The Bertz CT molecular complexity index is 805. The first-order valence-electron chi connectivity index (χ1n) is 10.7. The van der Waals surface area contributed by atoms with Gasteiger partial charge in [0, 0.05) is 5.41 Å². The summed E-state index contributed by atoms with van der Waals surface area (Å²) >= 11 is 0. The number of rotatable bonds is 6. The van der Waals surface area contributed by atoms with Gasteiger partial charge < -0.3 is 9.47 Å². The largest absolute Gasteiger partial charge is 0.465 e. The summed E-state index contributed by atoms with van der Waals surface area (Å²) in [7, 11) is -5.90. The Labute approximate surface area is 174 Å². The lowest BCUT2D eigenvalue weighted by Crippen LogP contribution is -2.59. The Kier molecular flexibility index (Phi) is 5.40. The summed E-state index contributed by atoms with van der Waals surface area (Å²) in [6.45, 7) is -0.368. The topological polar surface area (TPSA) is 107 Å². The Morgan fingerprint density at radius 2 is 1.63 bits per heavy atom. The second-order valence-electron chi connectivity index (χ2n) is 9.97. The molecule has 30 heavy (non-hydrogen) atoms. The van der Waals surface area contributed by atoms with E-state index < -0.39 is 32.4 Å². The average molecular weight is 451 g/mol. The maximum Gasteiger partial charge on any atom is 0.465 e. The first kappa shape index (κ1) is 21.9. The molecule has 0 aliphatic heterocycles. The number of alkyl halides is 2. The Balaban J connectivity index is 1.46. The minimum atomic E-state index is -5.90. The lowest BCUT2D eigenvalue weighted by atomic mass is 9.48. The van der Waals surface area contributed by atoms with Crippen molar-refractivity contribution in [3.8, 4) is 0 Å². The van der Waals surface area contributed by atoms with Gasteiger partial charge in [0.25, 0.3) is 0 Å². The zero-order valence-corrected chi connectivity index (χ0v) is 17.6. The summed E-state index contributed by atoms with van der Waals surface area (Å²) in [6.07, 6.45) is 9.01. The fourth-order valence-electron chi connectivity index (χ4n) is 6.70. The lowest BCUT2D eigenvalue weighted by molar-refractivity contribution is -0.216. The summed E-state index contributed by atoms with van der Waals surface area (Å²) in [5, 5.41) is -5.00. The van der Waals surface area contributed by atoms with Crippen LogP contribution in [-0.2, 0) is 29.2 Å². The van der Waals surface area contributed by atoms with Gasteiger partial charge in [0.15, 0.2) is 0 Å². The minimum absolute atomic E-state index is 0.0889. The van der Waals surface area contributed by atoms with Crippen molar-refractivity contribution in [2.24, 2.45) is 23.2 Å². The molecule has 1 N–H and O–H groups in total. The standard InChI is InChI=1S/C20H28F2O7S/c21-20(22,30(25,26)27)17(24)28-12-18-7-13-6-14(8-18)10-19(9-13,11-18)29-16(23)15-4-2-1-3-5-15/h13-15H,1-12H2,(H,25,26,27)/t13-,14?,18?,19?/m0/s1. The molecule has 0 radical (unpaired) electrons. The van der Waals surface area contributed by atoms with Crippen LogP contribution in [0, 0.1) is 23.2 Å². The van der Waals surface area contributed by atoms with Crippen molar-refractivity contribution in [3.63, 3.8) is 0 Å². The Hall–Kier alpha value is -1.29. The van der Waals surface area contributed by atoms with E-state index in [1.54, 1.807) is 0 Å². The first-order chi connectivity index (χ1) is 13.9. The van der Waals surface area contributed by atoms with Crippen LogP contribution in [0.2, 0.25) is 0 Å². The average Bonchev–Trinajstić information content (AvgIpc) is 2.64. The van der Waals surface area contributed by atoms with Gasteiger partial charge in [-0.25, -0.2) is 4.79 Å². The van der Waals surface area contributed by atoms with Gasteiger partial charge >= 0.3 is 27.3 Å². The van der Waals surface area contributed by atoms with Gasteiger partial charge in [-0.2, -0.15) is 17.2 Å². The van der Waals surface area contributed by atoms with E-state index >= 15 is 0 Å².